The third-order valence-corrected chi connectivity index (χ3v) is 3.90. The van der Waals surface area contributed by atoms with E-state index in [4.69, 9.17) is 23.2 Å². The second kappa shape index (κ2) is 4.75. The second-order valence-corrected chi connectivity index (χ2v) is 6.06. The van der Waals surface area contributed by atoms with Gasteiger partial charge in [0, 0.05) is 15.6 Å². The third-order valence-electron chi connectivity index (χ3n) is 2.75. The van der Waals surface area contributed by atoms with Gasteiger partial charge in [-0.3, -0.25) is 4.98 Å². The second-order valence-electron chi connectivity index (χ2n) is 4.36. The Balaban J connectivity index is 2.92. The number of aromatic nitrogens is 1. The van der Waals surface area contributed by atoms with Gasteiger partial charge in [0.25, 0.3) is 0 Å². The van der Waals surface area contributed by atoms with Crippen LogP contribution in [0.5, 0.6) is 0 Å². The molecule has 0 amide bonds. The summed E-state index contributed by atoms with van der Waals surface area (Å²) < 4.78 is 0.914. The predicted molar refractivity (Wildman–Crippen MR) is 78.3 cm³/mol. The lowest BCUT2D eigenvalue weighted by atomic mass is 9.99. The Morgan fingerprint density at radius 2 is 1.88 bits per heavy atom. The van der Waals surface area contributed by atoms with Gasteiger partial charge in [0.15, 0.2) is 0 Å². The maximum Gasteiger partial charge on any atom is 0.0907 e. The molecule has 2 aromatic rings. The molecule has 2 rings (SSSR count). The topological polar surface area (TPSA) is 12.9 Å². The van der Waals surface area contributed by atoms with Gasteiger partial charge in [0.2, 0.25) is 0 Å². The zero-order chi connectivity index (χ0) is 12.7. The summed E-state index contributed by atoms with van der Waals surface area (Å²) in [5.74, 6) is 0.345. The maximum atomic E-state index is 6.47. The first kappa shape index (κ1) is 13.1. The molecule has 0 atom stereocenters. The maximum absolute atomic E-state index is 6.47. The van der Waals surface area contributed by atoms with Crippen molar-refractivity contribution in [2.24, 2.45) is 0 Å². The van der Waals surface area contributed by atoms with Crippen molar-refractivity contribution in [3.8, 4) is 0 Å². The van der Waals surface area contributed by atoms with Crippen LogP contribution in [0.1, 0.15) is 31.0 Å². The molecule has 17 heavy (non-hydrogen) atoms. The molecule has 0 fully saturated rings. The van der Waals surface area contributed by atoms with E-state index in [-0.39, 0.29) is 0 Å². The molecule has 90 valence electrons. The number of nitrogens with zero attached hydrogens (tertiary/aromatic N) is 1. The van der Waals surface area contributed by atoms with Crippen LogP contribution < -0.4 is 0 Å². The molecule has 1 nitrogen and oxygen atoms in total. The highest BCUT2D eigenvalue weighted by Gasteiger charge is 2.15. The van der Waals surface area contributed by atoms with E-state index in [1.807, 2.05) is 19.1 Å². The van der Waals surface area contributed by atoms with Crippen molar-refractivity contribution in [1.82, 2.24) is 4.98 Å². The van der Waals surface area contributed by atoms with Crippen molar-refractivity contribution < 1.29 is 0 Å². The standard InChI is InChI=1S/C13H12BrCl2N/c1-6(2)11-7(3)17-13-9(12(11)16)4-8(14)5-10(13)15/h4-6H,1-3H3. The van der Waals surface area contributed by atoms with Gasteiger partial charge in [-0.05, 0) is 30.5 Å². The molecular weight excluding hydrogens is 321 g/mol. The summed E-state index contributed by atoms with van der Waals surface area (Å²) in [7, 11) is 0. The van der Waals surface area contributed by atoms with E-state index in [9.17, 15) is 0 Å². The van der Waals surface area contributed by atoms with E-state index in [0.717, 1.165) is 31.7 Å². The van der Waals surface area contributed by atoms with Gasteiger partial charge < -0.3 is 0 Å². The Labute approximate surface area is 119 Å². The van der Waals surface area contributed by atoms with Crippen molar-refractivity contribution in [3.05, 3.63) is 37.9 Å². The largest absolute Gasteiger partial charge is 0.251 e. The van der Waals surface area contributed by atoms with Crippen molar-refractivity contribution in [1.29, 1.82) is 0 Å². The van der Waals surface area contributed by atoms with E-state index in [2.05, 4.69) is 34.8 Å². The minimum absolute atomic E-state index is 0.345. The van der Waals surface area contributed by atoms with Gasteiger partial charge in [-0.25, -0.2) is 0 Å². The molecule has 0 spiro atoms. The highest BCUT2D eigenvalue weighted by atomic mass is 79.9. The summed E-state index contributed by atoms with van der Waals surface area (Å²) in [6.45, 7) is 6.20. The molecule has 0 aliphatic carbocycles. The van der Waals surface area contributed by atoms with Crippen molar-refractivity contribution >= 4 is 50.0 Å². The molecule has 0 aliphatic heterocycles. The molecule has 1 aromatic carbocycles. The Bertz CT molecular complexity index is 594. The fourth-order valence-corrected chi connectivity index (χ4v) is 3.40. The normalized spacial score (nSPS) is 11.5. The Morgan fingerprint density at radius 3 is 2.47 bits per heavy atom. The molecule has 1 aromatic heterocycles. The quantitative estimate of drug-likeness (QED) is 0.649. The first-order chi connectivity index (χ1) is 7.91. The van der Waals surface area contributed by atoms with Gasteiger partial charge in [0.1, 0.15) is 0 Å². The minimum Gasteiger partial charge on any atom is -0.251 e. The average Bonchev–Trinajstić information content (AvgIpc) is 2.19. The van der Waals surface area contributed by atoms with Crippen LogP contribution in [0.15, 0.2) is 16.6 Å². The zero-order valence-corrected chi connectivity index (χ0v) is 12.9. The van der Waals surface area contributed by atoms with Crippen LogP contribution in [-0.2, 0) is 0 Å². The summed E-state index contributed by atoms with van der Waals surface area (Å²) in [6, 6.07) is 3.80. The average molecular weight is 333 g/mol. The molecule has 0 saturated heterocycles. The van der Waals surface area contributed by atoms with Gasteiger partial charge in [-0.1, -0.05) is 53.0 Å². The molecule has 4 heteroatoms. The summed E-state index contributed by atoms with van der Waals surface area (Å²) in [4.78, 5) is 4.56. The van der Waals surface area contributed by atoms with Crippen LogP contribution in [0, 0.1) is 6.92 Å². The highest BCUT2D eigenvalue weighted by molar-refractivity contribution is 9.10. The SMILES string of the molecule is Cc1nc2c(Cl)cc(Br)cc2c(Cl)c1C(C)C. The third kappa shape index (κ3) is 2.31. The molecule has 0 bridgehead atoms. The van der Waals surface area contributed by atoms with Gasteiger partial charge in [-0.15, -0.1) is 0 Å². The molecule has 0 N–H and O–H groups in total. The minimum atomic E-state index is 0.345. The van der Waals surface area contributed by atoms with Crippen LogP contribution in [0.3, 0.4) is 0 Å². The number of benzene rings is 1. The van der Waals surface area contributed by atoms with E-state index < -0.39 is 0 Å². The van der Waals surface area contributed by atoms with Crippen LogP contribution in [0.4, 0.5) is 0 Å². The monoisotopic (exact) mass is 331 g/mol. The molecular formula is C13H12BrCl2N. The number of fused-ring (bicyclic) bond motifs is 1. The summed E-state index contributed by atoms with van der Waals surface area (Å²) >= 11 is 16.1. The van der Waals surface area contributed by atoms with Crippen molar-refractivity contribution in [2.75, 3.05) is 0 Å². The molecule has 1 heterocycles. The van der Waals surface area contributed by atoms with Crippen LogP contribution >= 0.6 is 39.1 Å². The van der Waals surface area contributed by atoms with E-state index in [1.165, 1.54) is 0 Å². The summed E-state index contributed by atoms with van der Waals surface area (Å²) in [5, 5.41) is 2.28. The van der Waals surface area contributed by atoms with Gasteiger partial charge in [-0.2, -0.15) is 0 Å². The summed E-state index contributed by atoms with van der Waals surface area (Å²) in [6.07, 6.45) is 0. The van der Waals surface area contributed by atoms with Crippen molar-refractivity contribution in [3.63, 3.8) is 0 Å². The first-order valence-electron chi connectivity index (χ1n) is 5.36. The number of pyridine rings is 1. The zero-order valence-electron chi connectivity index (χ0n) is 9.81. The molecule has 0 unspecified atom stereocenters. The van der Waals surface area contributed by atoms with E-state index in [0.29, 0.717) is 10.9 Å². The van der Waals surface area contributed by atoms with Crippen LogP contribution in [-0.4, -0.2) is 4.98 Å². The van der Waals surface area contributed by atoms with Crippen molar-refractivity contribution in [2.45, 2.75) is 26.7 Å². The lowest BCUT2D eigenvalue weighted by Crippen LogP contribution is -1.98. The lowest BCUT2D eigenvalue weighted by Gasteiger charge is -2.14. The number of halogens is 3. The Hall–Kier alpha value is -0.310. The van der Waals surface area contributed by atoms with E-state index in [1.54, 1.807) is 0 Å². The van der Waals surface area contributed by atoms with Crippen LogP contribution in [0.25, 0.3) is 10.9 Å². The lowest BCUT2D eigenvalue weighted by molar-refractivity contribution is 0.848. The number of rotatable bonds is 1. The number of hydrogen-bond donors (Lipinski definition) is 0. The van der Waals surface area contributed by atoms with E-state index >= 15 is 0 Å². The predicted octanol–water partition coefficient (Wildman–Crippen LogP) is 5.74. The number of hydrogen-bond acceptors (Lipinski definition) is 1. The molecule has 0 aliphatic rings. The fourth-order valence-electron chi connectivity index (χ4n) is 2.05. The fraction of sp³-hybridized carbons (Fsp3) is 0.308. The Kier molecular flexibility index (Phi) is 3.67. The number of aryl methyl sites for hydroxylation is 1. The first-order valence-corrected chi connectivity index (χ1v) is 6.91. The Morgan fingerprint density at radius 1 is 1.24 bits per heavy atom. The molecule has 0 radical (unpaired) electrons. The molecule has 0 saturated carbocycles. The van der Waals surface area contributed by atoms with Gasteiger partial charge >= 0.3 is 0 Å². The highest BCUT2D eigenvalue weighted by Crippen LogP contribution is 2.37. The van der Waals surface area contributed by atoms with Crippen LogP contribution in [0.2, 0.25) is 10.0 Å². The summed E-state index contributed by atoms with van der Waals surface area (Å²) in [5.41, 5.74) is 2.80. The van der Waals surface area contributed by atoms with Gasteiger partial charge in [0.05, 0.1) is 15.6 Å². The smallest absolute Gasteiger partial charge is 0.0907 e.